The average Bonchev–Trinajstić information content (AvgIpc) is 3.07. The van der Waals surface area contributed by atoms with Gasteiger partial charge in [-0.15, -0.1) is 0 Å². The molecule has 1 saturated heterocycles. The molecule has 3 nitrogen and oxygen atoms in total. The molecule has 2 atom stereocenters. The van der Waals surface area contributed by atoms with Gasteiger partial charge in [-0.25, -0.2) is 0 Å². The van der Waals surface area contributed by atoms with Gasteiger partial charge in [0, 0.05) is 12.6 Å². The summed E-state index contributed by atoms with van der Waals surface area (Å²) in [6.07, 6.45) is 2.47. The van der Waals surface area contributed by atoms with Gasteiger partial charge in [-0.2, -0.15) is 0 Å². The Morgan fingerprint density at radius 2 is 1.95 bits per heavy atom. The fraction of sp³-hybridized carbons (Fsp3) is 0.368. The van der Waals surface area contributed by atoms with E-state index in [4.69, 9.17) is 15.2 Å². The summed E-state index contributed by atoms with van der Waals surface area (Å²) in [6.45, 7) is 3.49. The molecule has 0 radical (unpaired) electrons. The van der Waals surface area contributed by atoms with E-state index < -0.39 is 0 Å². The van der Waals surface area contributed by atoms with E-state index in [1.165, 1.54) is 0 Å². The van der Waals surface area contributed by atoms with E-state index in [0.717, 1.165) is 41.9 Å². The molecular formula is C19H23NO2. The van der Waals surface area contributed by atoms with Crippen LogP contribution in [0.5, 0.6) is 5.75 Å². The van der Waals surface area contributed by atoms with Crippen molar-refractivity contribution in [3.63, 3.8) is 0 Å². The van der Waals surface area contributed by atoms with Gasteiger partial charge in [0.25, 0.3) is 0 Å². The predicted molar refractivity (Wildman–Crippen MR) is 88.9 cm³/mol. The summed E-state index contributed by atoms with van der Waals surface area (Å²) in [5, 5.41) is 0. The highest BCUT2D eigenvalue weighted by Gasteiger charge is 2.16. The minimum atomic E-state index is 0.0406. The third kappa shape index (κ3) is 3.67. The van der Waals surface area contributed by atoms with E-state index in [1.807, 2.05) is 25.1 Å². The van der Waals surface area contributed by atoms with Gasteiger partial charge in [-0.1, -0.05) is 30.3 Å². The monoisotopic (exact) mass is 297 g/mol. The molecule has 2 N–H and O–H groups in total. The van der Waals surface area contributed by atoms with Crippen molar-refractivity contribution in [2.75, 3.05) is 13.2 Å². The minimum Gasteiger partial charge on any atom is -0.491 e. The molecule has 2 aromatic carbocycles. The van der Waals surface area contributed by atoms with Crippen molar-refractivity contribution in [2.24, 2.45) is 5.73 Å². The molecule has 3 heteroatoms. The Labute approximate surface area is 132 Å². The summed E-state index contributed by atoms with van der Waals surface area (Å²) < 4.78 is 11.5. The van der Waals surface area contributed by atoms with Crippen molar-refractivity contribution in [1.82, 2.24) is 0 Å². The molecule has 0 bridgehead atoms. The van der Waals surface area contributed by atoms with Gasteiger partial charge in [0.05, 0.1) is 6.10 Å². The van der Waals surface area contributed by atoms with Crippen LogP contribution in [0.3, 0.4) is 0 Å². The molecule has 0 aromatic heterocycles. The highest BCUT2D eigenvalue weighted by molar-refractivity contribution is 5.65. The lowest BCUT2D eigenvalue weighted by Crippen LogP contribution is -2.16. The normalized spacial score (nSPS) is 19.1. The van der Waals surface area contributed by atoms with Crippen molar-refractivity contribution in [3.8, 4) is 16.9 Å². The number of rotatable bonds is 5. The third-order valence-corrected chi connectivity index (χ3v) is 4.04. The van der Waals surface area contributed by atoms with Crippen LogP contribution in [-0.2, 0) is 4.74 Å². The van der Waals surface area contributed by atoms with Crippen molar-refractivity contribution in [1.29, 1.82) is 0 Å². The van der Waals surface area contributed by atoms with Crippen LogP contribution in [-0.4, -0.2) is 19.3 Å². The molecule has 22 heavy (non-hydrogen) atoms. The van der Waals surface area contributed by atoms with Gasteiger partial charge < -0.3 is 15.2 Å². The summed E-state index contributed by atoms with van der Waals surface area (Å²) in [4.78, 5) is 0. The zero-order chi connectivity index (χ0) is 15.4. The van der Waals surface area contributed by atoms with Gasteiger partial charge >= 0.3 is 0 Å². The fourth-order valence-corrected chi connectivity index (χ4v) is 2.73. The van der Waals surface area contributed by atoms with Gasteiger partial charge in [0.1, 0.15) is 12.4 Å². The van der Waals surface area contributed by atoms with E-state index >= 15 is 0 Å². The summed E-state index contributed by atoms with van der Waals surface area (Å²) in [5.74, 6) is 0.888. The topological polar surface area (TPSA) is 44.5 Å². The van der Waals surface area contributed by atoms with Crippen LogP contribution in [0.1, 0.15) is 31.4 Å². The first-order chi connectivity index (χ1) is 10.7. The Kier molecular flexibility index (Phi) is 4.76. The van der Waals surface area contributed by atoms with Crippen molar-refractivity contribution in [3.05, 3.63) is 54.1 Å². The van der Waals surface area contributed by atoms with Crippen LogP contribution in [0, 0.1) is 0 Å². The second-order valence-corrected chi connectivity index (χ2v) is 5.89. The minimum absolute atomic E-state index is 0.0406. The molecule has 1 heterocycles. The molecule has 0 amide bonds. The smallest absolute Gasteiger partial charge is 0.120 e. The predicted octanol–water partition coefficient (Wildman–Crippen LogP) is 3.93. The molecule has 1 aliphatic rings. The van der Waals surface area contributed by atoms with Gasteiger partial charge in [0.15, 0.2) is 0 Å². The van der Waals surface area contributed by atoms with Crippen molar-refractivity contribution < 1.29 is 9.47 Å². The van der Waals surface area contributed by atoms with Crippen LogP contribution in [0.2, 0.25) is 0 Å². The molecule has 3 rings (SSSR count). The van der Waals surface area contributed by atoms with Crippen molar-refractivity contribution in [2.45, 2.75) is 31.9 Å². The Bertz CT molecular complexity index is 618. The highest BCUT2D eigenvalue weighted by atomic mass is 16.5. The van der Waals surface area contributed by atoms with E-state index in [-0.39, 0.29) is 12.1 Å². The van der Waals surface area contributed by atoms with E-state index in [2.05, 4.69) is 30.3 Å². The Morgan fingerprint density at radius 1 is 1.18 bits per heavy atom. The third-order valence-electron chi connectivity index (χ3n) is 4.04. The van der Waals surface area contributed by atoms with Crippen LogP contribution in [0.25, 0.3) is 11.1 Å². The van der Waals surface area contributed by atoms with E-state index in [9.17, 15) is 0 Å². The lowest BCUT2D eigenvalue weighted by Gasteiger charge is -2.13. The largest absolute Gasteiger partial charge is 0.491 e. The number of ether oxygens (including phenoxy) is 2. The summed E-state index contributed by atoms with van der Waals surface area (Å²) in [7, 11) is 0. The Hall–Kier alpha value is -1.84. The Morgan fingerprint density at radius 3 is 2.68 bits per heavy atom. The fourth-order valence-electron chi connectivity index (χ4n) is 2.73. The van der Waals surface area contributed by atoms with Crippen LogP contribution < -0.4 is 10.5 Å². The standard InChI is InChI=1S/C19H23NO2/c1-14(20)15-5-2-6-16(11-15)17-7-3-8-18(12-17)22-13-19-9-4-10-21-19/h2-3,5-8,11-12,14,19H,4,9-10,13,20H2,1H3/t14-,19+/m1/s1. The average molecular weight is 297 g/mol. The first-order valence-corrected chi connectivity index (χ1v) is 7.93. The molecule has 0 aliphatic carbocycles. The lowest BCUT2D eigenvalue weighted by molar-refractivity contribution is 0.0680. The zero-order valence-electron chi connectivity index (χ0n) is 13.0. The number of hydrogen-bond donors (Lipinski definition) is 1. The van der Waals surface area contributed by atoms with Gasteiger partial charge in [-0.05, 0) is 54.7 Å². The van der Waals surface area contributed by atoms with Crippen LogP contribution in [0.15, 0.2) is 48.5 Å². The molecule has 116 valence electrons. The first kappa shape index (κ1) is 15.1. The maximum absolute atomic E-state index is 5.97. The van der Waals surface area contributed by atoms with Gasteiger partial charge in [0.2, 0.25) is 0 Å². The number of nitrogens with two attached hydrogens (primary N) is 1. The second-order valence-electron chi connectivity index (χ2n) is 5.89. The maximum atomic E-state index is 5.97. The Balaban J connectivity index is 1.74. The summed E-state index contributed by atoms with van der Waals surface area (Å²) in [6, 6.07) is 16.6. The van der Waals surface area contributed by atoms with Crippen molar-refractivity contribution >= 4 is 0 Å². The summed E-state index contributed by atoms with van der Waals surface area (Å²) >= 11 is 0. The molecular weight excluding hydrogens is 274 g/mol. The maximum Gasteiger partial charge on any atom is 0.120 e. The van der Waals surface area contributed by atoms with Crippen LogP contribution >= 0.6 is 0 Å². The SMILES string of the molecule is C[C@@H](N)c1cccc(-c2cccc(OC[C@@H]3CCCO3)c2)c1. The molecule has 0 spiro atoms. The number of benzene rings is 2. The zero-order valence-corrected chi connectivity index (χ0v) is 13.0. The lowest BCUT2D eigenvalue weighted by atomic mass is 10.0. The first-order valence-electron chi connectivity index (χ1n) is 7.93. The second kappa shape index (κ2) is 6.95. The molecule has 1 aliphatic heterocycles. The van der Waals surface area contributed by atoms with E-state index in [1.54, 1.807) is 0 Å². The molecule has 0 unspecified atom stereocenters. The molecule has 2 aromatic rings. The highest BCUT2D eigenvalue weighted by Crippen LogP contribution is 2.26. The van der Waals surface area contributed by atoms with E-state index in [0.29, 0.717) is 6.61 Å². The molecule has 1 fully saturated rings. The van der Waals surface area contributed by atoms with Gasteiger partial charge in [-0.3, -0.25) is 0 Å². The number of hydrogen-bond acceptors (Lipinski definition) is 3. The van der Waals surface area contributed by atoms with Crippen LogP contribution in [0.4, 0.5) is 0 Å². The quantitative estimate of drug-likeness (QED) is 0.909. The molecule has 0 saturated carbocycles. The summed E-state index contributed by atoms with van der Waals surface area (Å²) in [5.41, 5.74) is 9.42.